The van der Waals surface area contributed by atoms with Crippen LogP contribution in [0, 0.1) is 5.92 Å². The number of aliphatic carboxylic acids is 1. The second-order valence-electron chi connectivity index (χ2n) is 1.61. The van der Waals surface area contributed by atoms with Gasteiger partial charge in [-0.25, -0.2) is 0 Å². The number of carboxylic acids is 1. The second kappa shape index (κ2) is 2.39. The molecular weight excluding hydrogens is 87.0 g/mol. The van der Waals surface area contributed by atoms with E-state index in [9.17, 15) is 4.79 Å². The Morgan fingerprint density at radius 1 is 1.71 bits per heavy atom. The van der Waals surface area contributed by atoms with E-state index in [1.165, 1.54) is 0 Å². The van der Waals surface area contributed by atoms with Gasteiger partial charge in [-0.3, -0.25) is 4.79 Å². The summed E-state index contributed by atoms with van der Waals surface area (Å²) in [7, 11) is 0. The van der Waals surface area contributed by atoms with Crippen LogP contribution in [-0.2, 0) is 4.79 Å². The minimum Gasteiger partial charge on any atom is -1.00 e. The van der Waals surface area contributed by atoms with Gasteiger partial charge in [0.25, 0.3) is 0 Å². The van der Waals surface area contributed by atoms with Crippen molar-refractivity contribution in [2.24, 2.45) is 5.92 Å². The summed E-state index contributed by atoms with van der Waals surface area (Å²) in [5, 5.41) is 8.05. The molecule has 1 aliphatic carbocycles. The number of carboxylic acid groups (broad SMARTS) is 1. The summed E-state index contributed by atoms with van der Waals surface area (Å²) < 4.78 is 0. The molecule has 0 amide bonds. The molecule has 2 nitrogen and oxygen atoms in total. The molecular formula is C4H7LiO2. The van der Waals surface area contributed by atoms with Gasteiger partial charge in [-0.05, 0) is 12.8 Å². The molecule has 0 unspecified atom stereocenters. The maximum Gasteiger partial charge on any atom is 1.00 e. The van der Waals surface area contributed by atoms with E-state index < -0.39 is 5.97 Å². The van der Waals surface area contributed by atoms with Gasteiger partial charge < -0.3 is 6.53 Å². The van der Waals surface area contributed by atoms with E-state index in [0.29, 0.717) is 0 Å². The Hall–Kier alpha value is 0.0674. The van der Waals surface area contributed by atoms with Crippen molar-refractivity contribution in [2.45, 2.75) is 12.8 Å². The van der Waals surface area contributed by atoms with E-state index in [-0.39, 0.29) is 26.2 Å². The second-order valence-corrected chi connectivity index (χ2v) is 1.61. The normalized spacial score (nSPS) is 17.7. The molecule has 0 saturated heterocycles. The summed E-state index contributed by atoms with van der Waals surface area (Å²) in [6, 6.07) is 0. The number of hydrogen-bond acceptors (Lipinski definition) is 1. The van der Waals surface area contributed by atoms with E-state index in [4.69, 9.17) is 5.11 Å². The van der Waals surface area contributed by atoms with E-state index >= 15 is 0 Å². The minimum absolute atomic E-state index is 0. The van der Waals surface area contributed by atoms with Gasteiger partial charge in [0, 0.05) is 0 Å². The molecule has 1 rings (SSSR count). The van der Waals surface area contributed by atoms with Gasteiger partial charge in [0.05, 0.1) is 5.92 Å². The van der Waals surface area contributed by atoms with Gasteiger partial charge in [-0.2, -0.15) is 0 Å². The Kier molecular flexibility index (Phi) is 2.42. The number of rotatable bonds is 1. The molecule has 0 bridgehead atoms. The summed E-state index contributed by atoms with van der Waals surface area (Å²) >= 11 is 0. The van der Waals surface area contributed by atoms with Gasteiger partial charge in [-0.1, -0.05) is 0 Å². The molecule has 1 aliphatic rings. The quantitative estimate of drug-likeness (QED) is 0.368. The van der Waals surface area contributed by atoms with Gasteiger partial charge in [0.15, 0.2) is 0 Å². The molecule has 36 valence electrons. The van der Waals surface area contributed by atoms with Crippen LogP contribution in [0.1, 0.15) is 14.3 Å². The average molecular weight is 94.0 g/mol. The molecule has 0 spiro atoms. The Morgan fingerprint density at radius 2 is 2.14 bits per heavy atom. The van der Waals surface area contributed by atoms with E-state index in [1.54, 1.807) is 0 Å². The third-order valence-corrected chi connectivity index (χ3v) is 0.927. The summed E-state index contributed by atoms with van der Waals surface area (Å²) in [6.07, 6.45) is 1.80. The molecule has 0 aromatic carbocycles. The zero-order valence-corrected chi connectivity index (χ0v) is 4.35. The van der Waals surface area contributed by atoms with E-state index in [2.05, 4.69) is 0 Å². The molecule has 1 N–H and O–H groups in total. The van der Waals surface area contributed by atoms with Crippen LogP contribution in [0.25, 0.3) is 0 Å². The summed E-state index contributed by atoms with van der Waals surface area (Å²) in [4.78, 5) is 9.76. The molecule has 0 atom stereocenters. The molecule has 0 aliphatic heterocycles. The zero-order chi connectivity index (χ0) is 4.57. The van der Waals surface area contributed by atoms with Crippen molar-refractivity contribution in [2.75, 3.05) is 0 Å². The molecule has 1 saturated carbocycles. The molecule has 3 heteroatoms. The monoisotopic (exact) mass is 94.1 g/mol. The van der Waals surface area contributed by atoms with Crippen molar-refractivity contribution in [3.8, 4) is 0 Å². The smallest absolute Gasteiger partial charge is 1.00 e. The first-order valence-corrected chi connectivity index (χ1v) is 2.03. The Bertz CT molecular complexity index is 82.1. The fraction of sp³-hybridized carbons (Fsp3) is 0.750. The van der Waals surface area contributed by atoms with Crippen molar-refractivity contribution in [3.63, 3.8) is 0 Å². The average Bonchev–Trinajstić information content (AvgIpc) is 2.06. The molecule has 1 fully saturated rings. The van der Waals surface area contributed by atoms with Crippen molar-refractivity contribution >= 4 is 5.97 Å². The van der Waals surface area contributed by atoms with Crippen LogP contribution in [-0.4, -0.2) is 11.1 Å². The van der Waals surface area contributed by atoms with Crippen molar-refractivity contribution < 1.29 is 30.2 Å². The van der Waals surface area contributed by atoms with E-state index in [0.717, 1.165) is 12.8 Å². The maximum absolute atomic E-state index is 9.76. The Balaban J connectivity index is 0. The topological polar surface area (TPSA) is 37.3 Å². The fourth-order valence-electron chi connectivity index (χ4n) is 0.330. The standard InChI is InChI=1S/C4H6O2.Li.H/c5-4(6)3-1-2-3;;/h3H,1-2H2,(H,5,6);;/q;+1;-1. The number of hydrogen-bond donors (Lipinski definition) is 1. The van der Waals surface area contributed by atoms with Crippen molar-refractivity contribution in [3.05, 3.63) is 0 Å². The molecule has 0 radical (unpaired) electrons. The van der Waals surface area contributed by atoms with Crippen LogP contribution in [0.4, 0.5) is 0 Å². The van der Waals surface area contributed by atoms with Crippen LogP contribution >= 0.6 is 0 Å². The summed E-state index contributed by atoms with van der Waals surface area (Å²) in [5.74, 6) is -0.611. The van der Waals surface area contributed by atoms with Crippen LogP contribution in [0.3, 0.4) is 0 Å². The predicted molar refractivity (Wildman–Crippen MR) is 21.5 cm³/mol. The van der Waals surface area contributed by atoms with Crippen LogP contribution in [0.5, 0.6) is 0 Å². The summed E-state index contributed by atoms with van der Waals surface area (Å²) in [6.45, 7) is 0. The first kappa shape index (κ1) is 7.07. The maximum atomic E-state index is 9.76. The SMILES string of the molecule is O=C(O)C1CC1.[H-].[Li+]. The van der Waals surface area contributed by atoms with Gasteiger partial charge >= 0.3 is 24.8 Å². The first-order valence-electron chi connectivity index (χ1n) is 2.03. The molecule has 0 aromatic rings. The van der Waals surface area contributed by atoms with Crippen LogP contribution in [0.15, 0.2) is 0 Å². The Labute approximate surface area is 55.6 Å². The van der Waals surface area contributed by atoms with Gasteiger partial charge in [0.1, 0.15) is 0 Å². The van der Waals surface area contributed by atoms with Crippen LogP contribution in [0.2, 0.25) is 0 Å². The molecule has 0 aromatic heterocycles. The summed E-state index contributed by atoms with van der Waals surface area (Å²) in [5.41, 5.74) is 0. The molecule has 7 heavy (non-hydrogen) atoms. The molecule has 0 heterocycles. The van der Waals surface area contributed by atoms with Gasteiger partial charge in [-0.15, -0.1) is 0 Å². The Morgan fingerprint density at radius 3 is 2.14 bits per heavy atom. The predicted octanol–water partition coefficient (Wildman–Crippen LogP) is -2.40. The largest absolute Gasteiger partial charge is 1.00 e. The first-order chi connectivity index (χ1) is 2.80. The number of carbonyl (C=O) groups is 1. The minimum atomic E-state index is -0.630. The fourth-order valence-corrected chi connectivity index (χ4v) is 0.330. The van der Waals surface area contributed by atoms with E-state index in [1.807, 2.05) is 0 Å². The van der Waals surface area contributed by atoms with Crippen molar-refractivity contribution in [1.29, 1.82) is 0 Å². The third-order valence-electron chi connectivity index (χ3n) is 0.927. The van der Waals surface area contributed by atoms with Crippen molar-refractivity contribution in [1.82, 2.24) is 0 Å². The van der Waals surface area contributed by atoms with Gasteiger partial charge in [0.2, 0.25) is 0 Å². The van der Waals surface area contributed by atoms with Crippen LogP contribution < -0.4 is 18.9 Å². The third kappa shape index (κ3) is 2.01. The zero-order valence-electron chi connectivity index (χ0n) is 5.35.